The van der Waals surface area contributed by atoms with Gasteiger partial charge in [-0.15, -0.1) is 0 Å². The lowest BCUT2D eigenvalue weighted by molar-refractivity contribution is 0.0959. The first kappa shape index (κ1) is 23.7. The zero-order valence-corrected chi connectivity index (χ0v) is 19.0. The van der Waals surface area contributed by atoms with E-state index in [1.807, 2.05) is 42.5 Å². The van der Waals surface area contributed by atoms with Crippen molar-refractivity contribution in [2.75, 3.05) is 12.3 Å². The summed E-state index contributed by atoms with van der Waals surface area (Å²) in [6.45, 7) is 2.52. The molecule has 0 bridgehead atoms. The van der Waals surface area contributed by atoms with E-state index in [9.17, 15) is 4.79 Å². The van der Waals surface area contributed by atoms with Crippen LogP contribution in [-0.2, 0) is 19.4 Å². The molecule has 3 rings (SSSR count). The fourth-order valence-electron chi connectivity index (χ4n) is 3.52. The highest BCUT2D eigenvalue weighted by Crippen LogP contribution is 2.13. The monoisotopic (exact) mass is 441 g/mol. The van der Waals surface area contributed by atoms with Crippen LogP contribution >= 0.6 is 0 Å². The van der Waals surface area contributed by atoms with Crippen LogP contribution in [0.1, 0.15) is 40.4 Å². The van der Waals surface area contributed by atoms with Crippen molar-refractivity contribution in [2.45, 2.75) is 32.7 Å². The summed E-state index contributed by atoms with van der Waals surface area (Å²) >= 11 is 0. The Bertz CT molecular complexity index is 1090. The number of amidine groups is 2. The molecule has 0 saturated carbocycles. The fourth-order valence-corrected chi connectivity index (χ4v) is 3.52. The van der Waals surface area contributed by atoms with E-state index in [1.54, 1.807) is 29.2 Å². The Hall–Kier alpha value is -3.93. The molecule has 0 aromatic heterocycles. The zero-order chi connectivity index (χ0) is 23.6. The molecule has 0 unspecified atom stereocenters. The van der Waals surface area contributed by atoms with Gasteiger partial charge in [-0.25, -0.2) is 0 Å². The highest BCUT2D eigenvalue weighted by molar-refractivity contribution is 6.03. The Kier molecular flexibility index (Phi) is 8.36. The first-order valence-corrected chi connectivity index (χ1v) is 11.1. The van der Waals surface area contributed by atoms with Crippen LogP contribution in [0.2, 0.25) is 0 Å². The zero-order valence-electron chi connectivity index (χ0n) is 19.0. The summed E-state index contributed by atoms with van der Waals surface area (Å²) < 4.78 is 0. The van der Waals surface area contributed by atoms with Crippen molar-refractivity contribution < 1.29 is 4.79 Å². The number of nitrogen functional groups attached to an aromatic ring is 1. The minimum atomic E-state index is -0.332. The van der Waals surface area contributed by atoms with Gasteiger partial charge in [0.15, 0.2) is 0 Å². The van der Waals surface area contributed by atoms with Crippen molar-refractivity contribution >= 4 is 23.3 Å². The van der Waals surface area contributed by atoms with Crippen molar-refractivity contribution in [3.63, 3.8) is 0 Å². The van der Waals surface area contributed by atoms with Crippen LogP contribution in [0, 0.1) is 10.8 Å². The molecule has 6 nitrogen and oxygen atoms in total. The average molecular weight is 442 g/mol. The quantitative estimate of drug-likeness (QED) is 0.221. The minimum absolute atomic E-state index is 0.00787. The van der Waals surface area contributed by atoms with E-state index in [-0.39, 0.29) is 18.3 Å². The molecule has 1 amide bonds. The van der Waals surface area contributed by atoms with Gasteiger partial charge in [-0.05, 0) is 41.7 Å². The number of carbonyl (C=O) groups is 1. The Morgan fingerprint density at radius 3 is 2.15 bits per heavy atom. The predicted octanol–water partition coefficient (Wildman–Crippen LogP) is 4.65. The summed E-state index contributed by atoms with van der Waals surface area (Å²) in [6, 6.07) is 25.1. The van der Waals surface area contributed by atoms with Gasteiger partial charge in [0.25, 0.3) is 5.91 Å². The topological polar surface area (TPSA) is 106 Å². The summed E-state index contributed by atoms with van der Waals surface area (Å²) in [6.07, 6.45) is 2.17. The molecule has 3 aromatic rings. The Balaban J connectivity index is 1.70. The molecule has 0 saturated heterocycles. The van der Waals surface area contributed by atoms with Gasteiger partial charge in [0, 0.05) is 12.1 Å². The first-order chi connectivity index (χ1) is 16.0. The molecule has 0 aliphatic heterocycles. The van der Waals surface area contributed by atoms with Gasteiger partial charge < -0.3 is 16.0 Å². The molecular weight excluding hydrogens is 410 g/mol. The number of para-hydroxylation sites is 1. The molecular formula is C27H31N5O. The van der Waals surface area contributed by atoms with Gasteiger partial charge in [-0.2, -0.15) is 0 Å². The third-order valence-corrected chi connectivity index (χ3v) is 5.54. The summed E-state index contributed by atoms with van der Waals surface area (Å²) in [7, 11) is 0. The maximum absolute atomic E-state index is 12.5. The maximum atomic E-state index is 12.5. The van der Waals surface area contributed by atoms with Crippen molar-refractivity contribution in [2.24, 2.45) is 0 Å². The lowest BCUT2D eigenvalue weighted by atomic mass is 10.1. The van der Waals surface area contributed by atoms with E-state index in [4.69, 9.17) is 16.6 Å². The maximum Gasteiger partial charge on any atom is 0.253 e. The number of nitrogens with zero attached hydrogens (tertiary/aromatic N) is 1. The number of nitrogens with one attached hydrogen (secondary N) is 3. The van der Waals surface area contributed by atoms with Gasteiger partial charge in [0.1, 0.15) is 11.7 Å². The van der Waals surface area contributed by atoms with E-state index in [0.717, 1.165) is 17.5 Å². The molecule has 0 radical (unpaired) electrons. The molecule has 170 valence electrons. The number of aryl methyl sites for hydroxylation is 2. The highest BCUT2D eigenvalue weighted by Gasteiger charge is 2.18. The lowest BCUT2D eigenvalue weighted by Crippen LogP contribution is -2.42. The Morgan fingerprint density at radius 1 is 0.848 bits per heavy atom. The summed E-state index contributed by atoms with van der Waals surface area (Å²) in [5, 5.41) is 20.1. The van der Waals surface area contributed by atoms with Crippen LogP contribution < -0.4 is 11.1 Å². The SMILES string of the molecule is CCc1ccc(CN(C(=N)CCc2ccccc2)C(=N)CNC(=O)c2ccccc2N)cc1. The van der Waals surface area contributed by atoms with Crippen molar-refractivity contribution in [3.05, 3.63) is 101 Å². The van der Waals surface area contributed by atoms with Crippen LogP contribution in [0.25, 0.3) is 0 Å². The molecule has 3 aromatic carbocycles. The van der Waals surface area contributed by atoms with Crippen LogP contribution in [0.15, 0.2) is 78.9 Å². The Labute approximate surface area is 195 Å². The van der Waals surface area contributed by atoms with E-state index in [0.29, 0.717) is 36.5 Å². The van der Waals surface area contributed by atoms with Gasteiger partial charge in [0.2, 0.25) is 0 Å². The second-order valence-corrected chi connectivity index (χ2v) is 7.91. The second kappa shape index (κ2) is 11.6. The van der Waals surface area contributed by atoms with E-state index >= 15 is 0 Å². The summed E-state index contributed by atoms with van der Waals surface area (Å²) in [4.78, 5) is 14.2. The smallest absolute Gasteiger partial charge is 0.253 e. The molecule has 0 atom stereocenters. The number of amides is 1. The van der Waals surface area contributed by atoms with Gasteiger partial charge in [-0.3, -0.25) is 15.6 Å². The molecule has 0 fully saturated rings. The third kappa shape index (κ3) is 6.77. The molecule has 6 heteroatoms. The largest absolute Gasteiger partial charge is 0.398 e. The van der Waals surface area contributed by atoms with Crippen LogP contribution in [-0.4, -0.2) is 29.0 Å². The fraction of sp³-hybridized carbons (Fsp3) is 0.222. The molecule has 0 heterocycles. The molecule has 0 spiro atoms. The first-order valence-electron chi connectivity index (χ1n) is 11.1. The number of hydrogen-bond donors (Lipinski definition) is 4. The lowest BCUT2D eigenvalue weighted by Gasteiger charge is -2.26. The summed E-state index contributed by atoms with van der Waals surface area (Å²) in [5.41, 5.74) is 10.1. The minimum Gasteiger partial charge on any atom is -0.398 e. The van der Waals surface area contributed by atoms with Gasteiger partial charge in [-0.1, -0.05) is 73.7 Å². The average Bonchev–Trinajstić information content (AvgIpc) is 2.85. The molecule has 33 heavy (non-hydrogen) atoms. The Morgan fingerprint density at radius 2 is 1.48 bits per heavy atom. The number of hydrogen-bond acceptors (Lipinski definition) is 4. The van der Waals surface area contributed by atoms with Crippen molar-refractivity contribution in [1.82, 2.24) is 10.2 Å². The number of rotatable bonds is 9. The standard InChI is InChI=1S/C27H31N5O/c1-2-20-12-14-22(15-13-20)19-32(25(29)17-16-21-8-4-3-5-9-21)26(30)18-31-27(33)23-10-6-7-11-24(23)28/h3-15,29-30H,2,16-19,28H2,1H3,(H,31,33). The number of carbonyl (C=O) groups excluding carboxylic acids is 1. The number of anilines is 1. The van der Waals surface area contributed by atoms with Crippen LogP contribution in [0.3, 0.4) is 0 Å². The second-order valence-electron chi connectivity index (χ2n) is 7.91. The number of benzene rings is 3. The van der Waals surface area contributed by atoms with E-state index < -0.39 is 0 Å². The van der Waals surface area contributed by atoms with E-state index in [2.05, 4.69) is 24.4 Å². The highest BCUT2D eigenvalue weighted by atomic mass is 16.1. The molecule has 0 aliphatic rings. The molecule has 0 aliphatic carbocycles. The normalized spacial score (nSPS) is 10.5. The van der Waals surface area contributed by atoms with Crippen LogP contribution in [0.4, 0.5) is 5.69 Å². The van der Waals surface area contributed by atoms with Crippen molar-refractivity contribution in [3.8, 4) is 0 Å². The van der Waals surface area contributed by atoms with Gasteiger partial charge >= 0.3 is 0 Å². The van der Waals surface area contributed by atoms with Crippen molar-refractivity contribution in [1.29, 1.82) is 10.8 Å². The summed E-state index contributed by atoms with van der Waals surface area (Å²) in [5.74, 6) is 0.174. The van der Waals surface area contributed by atoms with Crippen LogP contribution in [0.5, 0.6) is 0 Å². The number of nitrogens with two attached hydrogens (primary N) is 1. The predicted molar refractivity (Wildman–Crippen MR) is 135 cm³/mol. The molecule has 5 N–H and O–H groups in total. The van der Waals surface area contributed by atoms with E-state index in [1.165, 1.54) is 5.56 Å². The van der Waals surface area contributed by atoms with Gasteiger partial charge in [0.05, 0.1) is 18.7 Å². The third-order valence-electron chi connectivity index (χ3n) is 5.54.